The molecule has 1 atom stereocenters. The molecule has 1 aromatic heterocycles. The summed E-state index contributed by atoms with van der Waals surface area (Å²) < 4.78 is 5.52. The van der Waals surface area contributed by atoms with E-state index in [-0.39, 0.29) is 11.8 Å². The van der Waals surface area contributed by atoms with Gasteiger partial charge in [0.2, 0.25) is 11.8 Å². The van der Waals surface area contributed by atoms with E-state index >= 15 is 0 Å². The van der Waals surface area contributed by atoms with Crippen molar-refractivity contribution in [1.29, 1.82) is 0 Å². The average molecular weight is 382 g/mol. The van der Waals surface area contributed by atoms with Gasteiger partial charge in [0.1, 0.15) is 0 Å². The molecule has 3 rings (SSSR count). The Kier molecular flexibility index (Phi) is 6.90. The highest BCUT2D eigenvalue weighted by molar-refractivity contribution is 5.83. The Hall–Kier alpha value is -2.56. The zero-order chi connectivity index (χ0) is 19.9. The molecule has 1 amide bonds. The summed E-state index contributed by atoms with van der Waals surface area (Å²) in [5.41, 5.74) is 3.63. The maximum Gasteiger partial charge on any atom is 0.227 e. The minimum Gasteiger partial charge on any atom is -0.478 e. The van der Waals surface area contributed by atoms with Crippen molar-refractivity contribution >= 4 is 11.6 Å². The average Bonchev–Trinajstić information content (AvgIpc) is 2.74. The molecule has 1 aliphatic rings. The molecule has 0 spiro atoms. The molecule has 1 saturated heterocycles. The highest BCUT2D eigenvalue weighted by Gasteiger charge is 2.22. The number of hydrogen-bond acceptors (Lipinski definition) is 4. The number of aromatic nitrogens is 1. The third-order valence-electron chi connectivity index (χ3n) is 5.52. The molecule has 5 nitrogen and oxygen atoms in total. The van der Waals surface area contributed by atoms with Gasteiger partial charge in [-0.15, -0.1) is 0 Å². The maximum atomic E-state index is 12.0. The summed E-state index contributed by atoms with van der Waals surface area (Å²) in [6.07, 6.45) is 4.07. The van der Waals surface area contributed by atoms with Gasteiger partial charge in [0.05, 0.1) is 12.5 Å². The van der Waals surface area contributed by atoms with E-state index in [2.05, 4.69) is 45.5 Å². The molecule has 0 saturated carbocycles. The molecule has 0 bridgehead atoms. The Morgan fingerprint density at radius 1 is 1.21 bits per heavy atom. The van der Waals surface area contributed by atoms with Gasteiger partial charge in [0.25, 0.3) is 0 Å². The number of rotatable bonds is 7. The lowest BCUT2D eigenvalue weighted by Gasteiger charge is -2.34. The van der Waals surface area contributed by atoms with Crippen molar-refractivity contribution < 1.29 is 9.53 Å². The second-order valence-electron chi connectivity index (χ2n) is 7.33. The van der Waals surface area contributed by atoms with Crippen LogP contribution in [0.3, 0.4) is 0 Å². The third kappa shape index (κ3) is 4.83. The van der Waals surface area contributed by atoms with Crippen molar-refractivity contribution in [3.8, 4) is 5.88 Å². The minimum atomic E-state index is -0.109. The second-order valence-corrected chi connectivity index (χ2v) is 7.33. The molecule has 5 heteroatoms. The molecule has 1 fully saturated rings. The quantitative estimate of drug-likeness (QED) is 0.784. The molecule has 0 radical (unpaired) electrons. The zero-order valence-electron chi connectivity index (χ0n) is 17.1. The lowest BCUT2D eigenvalue weighted by molar-refractivity contribution is -0.122. The molecule has 28 heavy (non-hydrogen) atoms. The monoisotopic (exact) mass is 381 g/mol. The number of piperidine rings is 1. The van der Waals surface area contributed by atoms with Crippen LogP contribution in [0, 0.1) is 0 Å². The summed E-state index contributed by atoms with van der Waals surface area (Å²) >= 11 is 0. The summed E-state index contributed by atoms with van der Waals surface area (Å²) in [7, 11) is 0. The molecule has 2 aromatic rings. The van der Waals surface area contributed by atoms with Crippen LogP contribution in [-0.2, 0) is 4.79 Å². The Morgan fingerprint density at radius 3 is 2.57 bits per heavy atom. The van der Waals surface area contributed by atoms with Crippen LogP contribution in [0.2, 0.25) is 0 Å². The van der Waals surface area contributed by atoms with Gasteiger partial charge in [0, 0.05) is 37.6 Å². The molecule has 1 aromatic carbocycles. The van der Waals surface area contributed by atoms with Crippen LogP contribution >= 0.6 is 0 Å². The Balaban J connectivity index is 1.59. The lowest BCUT2D eigenvalue weighted by atomic mass is 9.87. The van der Waals surface area contributed by atoms with Crippen molar-refractivity contribution in [2.24, 2.45) is 0 Å². The van der Waals surface area contributed by atoms with Gasteiger partial charge in [-0.05, 0) is 56.7 Å². The number of pyridine rings is 1. The second kappa shape index (κ2) is 9.58. The first kappa shape index (κ1) is 20.2. The maximum absolute atomic E-state index is 12.0. The molecule has 0 aliphatic carbocycles. The van der Waals surface area contributed by atoms with Crippen molar-refractivity contribution in [3.05, 3.63) is 53.7 Å². The van der Waals surface area contributed by atoms with Gasteiger partial charge in [-0.25, -0.2) is 4.98 Å². The van der Waals surface area contributed by atoms with Gasteiger partial charge in [0.15, 0.2) is 0 Å². The smallest absolute Gasteiger partial charge is 0.227 e. The van der Waals surface area contributed by atoms with Crippen LogP contribution in [0.4, 0.5) is 5.69 Å². The number of hydrogen-bond donors (Lipinski definition) is 1. The van der Waals surface area contributed by atoms with Crippen LogP contribution in [0.25, 0.3) is 0 Å². The fourth-order valence-corrected chi connectivity index (χ4v) is 3.83. The van der Waals surface area contributed by atoms with Crippen LogP contribution in [0.1, 0.15) is 56.6 Å². The fourth-order valence-electron chi connectivity index (χ4n) is 3.83. The fraction of sp³-hybridized carbons (Fsp3) is 0.478. The number of anilines is 1. The van der Waals surface area contributed by atoms with Gasteiger partial charge in [-0.3, -0.25) is 4.79 Å². The Bertz CT molecular complexity index is 768. The molecule has 2 heterocycles. The number of benzene rings is 1. The Labute approximate surface area is 168 Å². The van der Waals surface area contributed by atoms with Crippen molar-refractivity contribution in [2.75, 3.05) is 31.1 Å². The van der Waals surface area contributed by atoms with Gasteiger partial charge in [-0.1, -0.05) is 24.3 Å². The first-order valence-corrected chi connectivity index (χ1v) is 10.3. The summed E-state index contributed by atoms with van der Waals surface area (Å²) in [5.74, 6) is 1.24. The predicted molar refractivity (Wildman–Crippen MR) is 113 cm³/mol. The summed E-state index contributed by atoms with van der Waals surface area (Å²) in [6, 6.07) is 12.7. The van der Waals surface area contributed by atoms with Crippen LogP contribution in [0.15, 0.2) is 42.6 Å². The minimum absolute atomic E-state index is 0.0901. The van der Waals surface area contributed by atoms with E-state index in [0.717, 1.165) is 31.5 Å². The van der Waals surface area contributed by atoms with E-state index in [9.17, 15) is 4.79 Å². The van der Waals surface area contributed by atoms with Crippen molar-refractivity contribution in [3.63, 3.8) is 0 Å². The van der Waals surface area contributed by atoms with Crippen LogP contribution < -0.4 is 15.0 Å². The standard InChI is InChI=1S/C23H31N3O2/c1-4-24-23(27)17(3)18-6-8-19(9-7-18)20-11-14-26(15-12-20)21-10-13-25-22(16-21)28-5-2/h6-10,13,16-17,20H,4-5,11-12,14-15H2,1-3H3,(H,24,27). The number of ether oxygens (including phenoxy) is 1. The van der Waals surface area contributed by atoms with Crippen molar-refractivity contribution in [2.45, 2.75) is 45.4 Å². The largest absolute Gasteiger partial charge is 0.478 e. The summed E-state index contributed by atoms with van der Waals surface area (Å²) in [6.45, 7) is 9.24. The highest BCUT2D eigenvalue weighted by Crippen LogP contribution is 2.32. The van der Waals surface area contributed by atoms with E-state index in [1.807, 2.05) is 33.0 Å². The third-order valence-corrected chi connectivity index (χ3v) is 5.52. The molecule has 1 unspecified atom stereocenters. The van der Waals surface area contributed by atoms with Gasteiger partial charge in [-0.2, -0.15) is 0 Å². The summed E-state index contributed by atoms with van der Waals surface area (Å²) in [4.78, 5) is 18.7. The number of amides is 1. The number of carbonyl (C=O) groups excluding carboxylic acids is 1. The SMILES string of the molecule is CCNC(=O)C(C)c1ccc(C2CCN(c3ccnc(OCC)c3)CC2)cc1. The van der Waals surface area contributed by atoms with Gasteiger partial charge >= 0.3 is 0 Å². The number of carbonyl (C=O) groups is 1. The van der Waals surface area contributed by atoms with E-state index in [1.54, 1.807) is 0 Å². The highest BCUT2D eigenvalue weighted by atomic mass is 16.5. The van der Waals surface area contributed by atoms with Crippen LogP contribution in [0.5, 0.6) is 5.88 Å². The van der Waals surface area contributed by atoms with E-state index in [1.165, 1.54) is 11.3 Å². The molecule has 150 valence electrons. The first-order valence-electron chi connectivity index (χ1n) is 10.3. The van der Waals surface area contributed by atoms with Gasteiger partial charge < -0.3 is 15.0 Å². The lowest BCUT2D eigenvalue weighted by Crippen LogP contribution is -2.32. The molecule has 1 aliphatic heterocycles. The Morgan fingerprint density at radius 2 is 1.93 bits per heavy atom. The number of nitrogens with one attached hydrogen (secondary N) is 1. The first-order chi connectivity index (χ1) is 13.6. The number of nitrogens with zero attached hydrogens (tertiary/aromatic N) is 2. The van der Waals surface area contributed by atoms with E-state index in [0.29, 0.717) is 24.9 Å². The van der Waals surface area contributed by atoms with E-state index in [4.69, 9.17) is 4.74 Å². The normalized spacial score (nSPS) is 15.9. The molecule has 1 N–H and O–H groups in total. The topological polar surface area (TPSA) is 54.5 Å². The molecular formula is C23H31N3O2. The zero-order valence-corrected chi connectivity index (χ0v) is 17.1. The predicted octanol–water partition coefficient (Wildman–Crippen LogP) is 4.10. The van der Waals surface area contributed by atoms with Crippen LogP contribution in [-0.4, -0.2) is 37.1 Å². The van der Waals surface area contributed by atoms with E-state index < -0.39 is 0 Å². The molecular weight excluding hydrogens is 350 g/mol. The van der Waals surface area contributed by atoms with Crippen molar-refractivity contribution in [1.82, 2.24) is 10.3 Å². The number of likely N-dealkylation sites (N-methyl/N-ethyl adjacent to an activating group) is 1. The summed E-state index contributed by atoms with van der Waals surface area (Å²) in [5, 5.41) is 2.90.